The van der Waals surface area contributed by atoms with E-state index in [4.69, 9.17) is 9.72 Å². The third kappa shape index (κ3) is 3.97. The van der Waals surface area contributed by atoms with Crippen LogP contribution in [0.3, 0.4) is 0 Å². The Hall–Kier alpha value is -1.55. The van der Waals surface area contributed by atoms with Crippen LogP contribution >= 0.6 is 0 Å². The highest BCUT2D eigenvalue weighted by molar-refractivity contribution is 5.77. The number of imidazole rings is 1. The van der Waals surface area contributed by atoms with Crippen LogP contribution in [0.15, 0.2) is 18.2 Å². The molecular weight excluding hydrogens is 262 g/mol. The van der Waals surface area contributed by atoms with E-state index in [0.717, 1.165) is 37.3 Å². The molecule has 0 spiro atoms. The van der Waals surface area contributed by atoms with Gasteiger partial charge in [0.15, 0.2) is 0 Å². The highest BCUT2D eigenvalue weighted by Crippen LogP contribution is 2.22. The highest BCUT2D eigenvalue weighted by Gasteiger charge is 2.11. The van der Waals surface area contributed by atoms with E-state index < -0.39 is 0 Å². The molecule has 4 heteroatoms. The molecular formula is C17H27N3O. The van der Waals surface area contributed by atoms with E-state index in [2.05, 4.69) is 29.8 Å². The molecule has 0 radical (unpaired) electrons. The molecule has 0 aliphatic carbocycles. The maximum atomic E-state index is 5.30. The molecule has 0 unspecified atom stereocenters. The van der Waals surface area contributed by atoms with Crippen molar-refractivity contribution in [3.05, 3.63) is 24.0 Å². The van der Waals surface area contributed by atoms with Crippen LogP contribution in [0.25, 0.3) is 11.0 Å². The van der Waals surface area contributed by atoms with Crippen LogP contribution in [0, 0.1) is 0 Å². The molecule has 0 saturated heterocycles. The van der Waals surface area contributed by atoms with Crippen molar-refractivity contribution in [3.8, 4) is 5.75 Å². The van der Waals surface area contributed by atoms with Crippen molar-refractivity contribution in [2.75, 3.05) is 20.2 Å². The smallest absolute Gasteiger partial charge is 0.121 e. The zero-order valence-electron chi connectivity index (χ0n) is 13.5. The predicted molar refractivity (Wildman–Crippen MR) is 88.1 cm³/mol. The van der Waals surface area contributed by atoms with Gasteiger partial charge in [-0.05, 0) is 31.5 Å². The van der Waals surface area contributed by atoms with Gasteiger partial charge in [-0.2, -0.15) is 0 Å². The van der Waals surface area contributed by atoms with Crippen LogP contribution < -0.4 is 10.1 Å². The van der Waals surface area contributed by atoms with Crippen molar-refractivity contribution in [1.82, 2.24) is 14.9 Å². The van der Waals surface area contributed by atoms with Gasteiger partial charge >= 0.3 is 0 Å². The van der Waals surface area contributed by atoms with E-state index in [9.17, 15) is 0 Å². The summed E-state index contributed by atoms with van der Waals surface area (Å²) in [7, 11) is 1.70. The standard InChI is InChI=1S/C17H27N3O/c1-4-6-12-20-16-8-7-14(21-3)13-15(16)19-17(20)9-11-18-10-5-2/h7-8,13,18H,4-6,9-12H2,1-3H3. The molecule has 2 aromatic rings. The first-order valence-corrected chi connectivity index (χ1v) is 8.04. The maximum absolute atomic E-state index is 5.30. The summed E-state index contributed by atoms with van der Waals surface area (Å²) in [5.74, 6) is 2.05. The lowest BCUT2D eigenvalue weighted by Crippen LogP contribution is -2.19. The Bertz CT molecular complexity index is 562. The molecule has 0 fully saturated rings. The Labute approximate surface area is 127 Å². The quantitative estimate of drug-likeness (QED) is 0.719. The molecule has 0 saturated carbocycles. The molecule has 1 N–H and O–H groups in total. The third-order valence-corrected chi connectivity index (χ3v) is 3.72. The van der Waals surface area contributed by atoms with E-state index in [-0.39, 0.29) is 0 Å². The zero-order chi connectivity index (χ0) is 15.1. The Balaban J connectivity index is 2.23. The minimum atomic E-state index is 0.873. The number of benzene rings is 1. The zero-order valence-corrected chi connectivity index (χ0v) is 13.5. The molecule has 1 aromatic heterocycles. The number of aryl methyl sites for hydroxylation is 1. The highest BCUT2D eigenvalue weighted by atomic mass is 16.5. The summed E-state index contributed by atoms with van der Waals surface area (Å²) in [5.41, 5.74) is 2.26. The summed E-state index contributed by atoms with van der Waals surface area (Å²) in [5, 5.41) is 3.46. The van der Waals surface area contributed by atoms with Gasteiger partial charge in [0.25, 0.3) is 0 Å². The average molecular weight is 289 g/mol. The van der Waals surface area contributed by atoms with Crippen LogP contribution in [0.4, 0.5) is 0 Å². The number of hydrogen-bond acceptors (Lipinski definition) is 3. The van der Waals surface area contributed by atoms with Gasteiger partial charge < -0.3 is 14.6 Å². The lowest BCUT2D eigenvalue weighted by atomic mass is 10.2. The van der Waals surface area contributed by atoms with Crippen LogP contribution in [0.2, 0.25) is 0 Å². The van der Waals surface area contributed by atoms with E-state index in [1.165, 1.54) is 30.6 Å². The van der Waals surface area contributed by atoms with Gasteiger partial charge in [-0.3, -0.25) is 0 Å². The van der Waals surface area contributed by atoms with Crippen molar-refractivity contribution in [3.63, 3.8) is 0 Å². The van der Waals surface area contributed by atoms with Gasteiger partial charge in [0.2, 0.25) is 0 Å². The van der Waals surface area contributed by atoms with Crippen molar-refractivity contribution in [2.24, 2.45) is 0 Å². The van der Waals surface area contributed by atoms with Crippen LogP contribution in [-0.4, -0.2) is 29.8 Å². The average Bonchev–Trinajstić information content (AvgIpc) is 2.86. The summed E-state index contributed by atoms with van der Waals surface area (Å²) in [6, 6.07) is 6.17. The molecule has 1 aromatic carbocycles. The number of hydrogen-bond donors (Lipinski definition) is 1. The number of aromatic nitrogens is 2. The summed E-state index contributed by atoms with van der Waals surface area (Å²) in [6.45, 7) is 7.52. The summed E-state index contributed by atoms with van der Waals surface area (Å²) in [6.07, 6.45) is 4.53. The number of nitrogens with zero attached hydrogens (tertiary/aromatic N) is 2. The van der Waals surface area contributed by atoms with E-state index in [0.29, 0.717) is 0 Å². The number of unbranched alkanes of at least 4 members (excludes halogenated alkanes) is 1. The molecule has 0 aliphatic rings. The van der Waals surface area contributed by atoms with E-state index in [1.54, 1.807) is 7.11 Å². The largest absolute Gasteiger partial charge is 0.497 e. The third-order valence-electron chi connectivity index (χ3n) is 3.72. The fourth-order valence-electron chi connectivity index (χ4n) is 2.55. The number of ether oxygens (including phenoxy) is 1. The molecule has 2 rings (SSSR count). The topological polar surface area (TPSA) is 39.1 Å². The lowest BCUT2D eigenvalue weighted by Gasteiger charge is -2.09. The van der Waals surface area contributed by atoms with Gasteiger partial charge in [0, 0.05) is 25.6 Å². The first kappa shape index (κ1) is 15.8. The normalized spacial score (nSPS) is 11.2. The second-order valence-corrected chi connectivity index (χ2v) is 5.39. The Morgan fingerprint density at radius 2 is 2.05 bits per heavy atom. The molecule has 116 valence electrons. The van der Waals surface area contributed by atoms with Crippen LogP contribution in [0.1, 0.15) is 38.9 Å². The molecule has 0 atom stereocenters. The van der Waals surface area contributed by atoms with Gasteiger partial charge in [-0.1, -0.05) is 20.3 Å². The van der Waals surface area contributed by atoms with Crippen molar-refractivity contribution in [2.45, 2.75) is 46.1 Å². The Morgan fingerprint density at radius 1 is 1.19 bits per heavy atom. The van der Waals surface area contributed by atoms with Crippen molar-refractivity contribution in [1.29, 1.82) is 0 Å². The van der Waals surface area contributed by atoms with Gasteiger partial charge in [-0.25, -0.2) is 4.98 Å². The number of fused-ring (bicyclic) bond motifs is 1. The van der Waals surface area contributed by atoms with E-state index >= 15 is 0 Å². The van der Waals surface area contributed by atoms with Gasteiger partial charge in [0.05, 0.1) is 18.1 Å². The summed E-state index contributed by atoms with van der Waals surface area (Å²) < 4.78 is 7.67. The second kappa shape index (κ2) is 8.03. The van der Waals surface area contributed by atoms with Crippen molar-refractivity contribution < 1.29 is 4.74 Å². The van der Waals surface area contributed by atoms with Gasteiger partial charge in [-0.15, -0.1) is 0 Å². The molecule has 4 nitrogen and oxygen atoms in total. The number of nitrogens with one attached hydrogen (secondary N) is 1. The monoisotopic (exact) mass is 289 g/mol. The molecule has 0 amide bonds. The fourth-order valence-corrected chi connectivity index (χ4v) is 2.55. The van der Waals surface area contributed by atoms with E-state index in [1.807, 2.05) is 12.1 Å². The molecule has 0 aliphatic heterocycles. The molecule has 0 bridgehead atoms. The fraction of sp³-hybridized carbons (Fsp3) is 0.588. The Kier molecular flexibility index (Phi) is 6.05. The number of rotatable bonds is 9. The van der Waals surface area contributed by atoms with Crippen LogP contribution in [-0.2, 0) is 13.0 Å². The summed E-state index contributed by atoms with van der Waals surface area (Å²) >= 11 is 0. The Morgan fingerprint density at radius 3 is 2.76 bits per heavy atom. The maximum Gasteiger partial charge on any atom is 0.121 e. The minimum absolute atomic E-state index is 0.873. The molecule has 21 heavy (non-hydrogen) atoms. The molecule has 1 heterocycles. The number of methoxy groups -OCH3 is 1. The SMILES string of the molecule is CCCCn1c(CCNCCC)nc2cc(OC)ccc21. The lowest BCUT2D eigenvalue weighted by molar-refractivity contribution is 0.415. The van der Waals surface area contributed by atoms with Crippen LogP contribution in [0.5, 0.6) is 5.75 Å². The first-order chi connectivity index (χ1) is 10.3. The predicted octanol–water partition coefficient (Wildman–Crippen LogP) is 3.39. The second-order valence-electron chi connectivity index (χ2n) is 5.39. The summed E-state index contributed by atoms with van der Waals surface area (Å²) in [4.78, 5) is 4.81. The first-order valence-electron chi connectivity index (χ1n) is 8.04. The van der Waals surface area contributed by atoms with Gasteiger partial charge in [0.1, 0.15) is 11.6 Å². The van der Waals surface area contributed by atoms with Crippen molar-refractivity contribution >= 4 is 11.0 Å². The minimum Gasteiger partial charge on any atom is -0.497 e.